The maximum Gasteiger partial charge on any atom is 0.472 e. The maximum absolute atomic E-state index is 12.6. The van der Waals surface area contributed by atoms with Gasteiger partial charge in [0, 0.05) is 13.0 Å². The summed E-state index contributed by atoms with van der Waals surface area (Å²) in [5, 5.41) is 0. The first-order valence-electron chi connectivity index (χ1n) is 21.0. The SMILES string of the molecule is CC/C=C\C/C=C\C/C=C\C/C=C\CCCCCCCCCOCC(COP(=O)(O)OCC[N+](C)(C)C)OC(=O)CCCCCCC/C=C\CCCC. The molecule has 0 aromatic rings. The lowest BCUT2D eigenvalue weighted by Gasteiger charge is -2.24. The van der Waals surface area contributed by atoms with E-state index in [9.17, 15) is 14.3 Å². The van der Waals surface area contributed by atoms with E-state index < -0.39 is 13.9 Å². The molecular formula is C44H81NO7P+. The number of hydrogen-bond acceptors (Lipinski definition) is 6. The van der Waals surface area contributed by atoms with Gasteiger partial charge in [0.2, 0.25) is 0 Å². The van der Waals surface area contributed by atoms with E-state index in [2.05, 4.69) is 74.6 Å². The molecule has 2 unspecified atom stereocenters. The molecule has 0 fully saturated rings. The summed E-state index contributed by atoms with van der Waals surface area (Å²) in [7, 11) is 1.64. The van der Waals surface area contributed by atoms with E-state index in [1.807, 2.05) is 21.1 Å². The number of unbranched alkanes of at least 4 members (excludes halogenated alkanes) is 14. The van der Waals surface area contributed by atoms with Crippen molar-refractivity contribution in [3.63, 3.8) is 0 Å². The maximum atomic E-state index is 12.6. The Hall–Kier alpha value is -1.80. The molecule has 0 aromatic heterocycles. The van der Waals surface area contributed by atoms with Crippen LogP contribution in [0.4, 0.5) is 0 Å². The Morgan fingerprint density at radius 3 is 1.66 bits per heavy atom. The van der Waals surface area contributed by atoms with E-state index in [4.69, 9.17) is 18.5 Å². The molecule has 9 heteroatoms. The van der Waals surface area contributed by atoms with Crippen LogP contribution in [0.25, 0.3) is 0 Å². The monoisotopic (exact) mass is 767 g/mol. The van der Waals surface area contributed by atoms with Crippen LogP contribution < -0.4 is 0 Å². The first kappa shape index (κ1) is 51.2. The molecule has 53 heavy (non-hydrogen) atoms. The average molecular weight is 767 g/mol. The highest BCUT2D eigenvalue weighted by Gasteiger charge is 2.26. The van der Waals surface area contributed by atoms with Crippen molar-refractivity contribution in [1.82, 2.24) is 0 Å². The van der Waals surface area contributed by atoms with Crippen molar-refractivity contribution in [2.24, 2.45) is 0 Å². The number of carbonyl (C=O) groups is 1. The van der Waals surface area contributed by atoms with Gasteiger partial charge < -0.3 is 18.9 Å². The summed E-state index contributed by atoms with van der Waals surface area (Å²) < 4.78 is 34.9. The number of carbonyl (C=O) groups excluding carboxylic acids is 1. The van der Waals surface area contributed by atoms with Crippen molar-refractivity contribution in [3.05, 3.63) is 60.8 Å². The van der Waals surface area contributed by atoms with Gasteiger partial charge in [-0.05, 0) is 70.6 Å². The van der Waals surface area contributed by atoms with Crippen LogP contribution in [-0.2, 0) is 27.9 Å². The third-order valence-electron chi connectivity index (χ3n) is 8.56. The highest BCUT2D eigenvalue weighted by Crippen LogP contribution is 2.43. The van der Waals surface area contributed by atoms with Crippen molar-refractivity contribution in [2.75, 3.05) is 54.1 Å². The van der Waals surface area contributed by atoms with Crippen molar-refractivity contribution in [3.8, 4) is 0 Å². The fourth-order valence-corrected chi connectivity index (χ4v) is 6.03. The summed E-state index contributed by atoms with van der Waals surface area (Å²) in [4.78, 5) is 22.8. The van der Waals surface area contributed by atoms with E-state index in [1.165, 1.54) is 57.8 Å². The number of allylic oxidation sites excluding steroid dienone is 10. The van der Waals surface area contributed by atoms with Crippen molar-refractivity contribution in [1.29, 1.82) is 0 Å². The molecule has 0 amide bonds. The third kappa shape index (κ3) is 41.2. The smallest absolute Gasteiger partial charge is 0.457 e. The van der Waals surface area contributed by atoms with Gasteiger partial charge >= 0.3 is 13.8 Å². The van der Waals surface area contributed by atoms with Gasteiger partial charge in [-0.2, -0.15) is 0 Å². The van der Waals surface area contributed by atoms with Gasteiger partial charge in [0.25, 0.3) is 0 Å². The number of phosphoric ester groups is 1. The molecule has 0 radical (unpaired) electrons. The van der Waals surface area contributed by atoms with Crippen molar-refractivity contribution in [2.45, 2.75) is 161 Å². The number of esters is 1. The van der Waals surface area contributed by atoms with Crippen LogP contribution in [0.2, 0.25) is 0 Å². The average Bonchev–Trinajstić information content (AvgIpc) is 3.11. The van der Waals surface area contributed by atoms with Gasteiger partial charge in [0.1, 0.15) is 19.3 Å². The van der Waals surface area contributed by atoms with Crippen LogP contribution >= 0.6 is 7.82 Å². The van der Waals surface area contributed by atoms with Gasteiger partial charge in [0.05, 0.1) is 34.4 Å². The summed E-state index contributed by atoms with van der Waals surface area (Å²) in [6.07, 6.45) is 45.4. The fourth-order valence-electron chi connectivity index (χ4n) is 5.29. The zero-order chi connectivity index (χ0) is 39.1. The lowest BCUT2D eigenvalue weighted by atomic mass is 10.1. The standard InChI is InChI=1S/C44H80NO7P/c1-6-8-10-12-14-16-18-19-20-21-22-23-24-25-26-28-30-32-34-36-39-49-41-43(42-51-53(47,48)50-40-38-45(3,4)5)52-44(46)37-35-33-31-29-27-17-15-13-11-9-7-2/h8,10,13-16,19-20,22-23,43H,6-7,9,11-12,17-18,21,24-42H2,1-5H3/p+1/b10-8-,15-13-,16-14-,20-19-,23-22-. The van der Waals surface area contributed by atoms with Crippen LogP contribution in [0.1, 0.15) is 155 Å². The molecule has 2 atom stereocenters. The first-order chi connectivity index (χ1) is 25.6. The fraction of sp³-hybridized carbons (Fsp3) is 0.750. The molecule has 8 nitrogen and oxygen atoms in total. The third-order valence-corrected chi connectivity index (χ3v) is 9.55. The van der Waals surface area contributed by atoms with Gasteiger partial charge in [-0.3, -0.25) is 13.8 Å². The van der Waals surface area contributed by atoms with Gasteiger partial charge in [-0.15, -0.1) is 0 Å². The molecule has 0 saturated heterocycles. The Kier molecular flexibility index (Phi) is 35.9. The molecule has 1 N–H and O–H groups in total. The number of quaternary nitrogens is 1. The molecule has 0 aliphatic carbocycles. The van der Waals surface area contributed by atoms with Crippen molar-refractivity contribution < 1.29 is 37.3 Å². The summed E-state index contributed by atoms with van der Waals surface area (Å²) in [5.74, 6) is -0.332. The van der Waals surface area contributed by atoms with Crippen LogP contribution in [0.15, 0.2) is 60.8 Å². The molecule has 308 valence electrons. The van der Waals surface area contributed by atoms with E-state index in [1.54, 1.807) is 0 Å². The summed E-state index contributed by atoms with van der Waals surface area (Å²) in [6.45, 7) is 5.41. The van der Waals surface area contributed by atoms with Gasteiger partial charge in [-0.1, -0.05) is 139 Å². The second-order valence-corrected chi connectivity index (χ2v) is 16.4. The highest BCUT2D eigenvalue weighted by atomic mass is 31.2. The second-order valence-electron chi connectivity index (χ2n) is 15.0. The Morgan fingerprint density at radius 2 is 1.09 bits per heavy atom. The number of rotatable bonds is 38. The number of ether oxygens (including phenoxy) is 2. The molecule has 0 heterocycles. The largest absolute Gasteiger partial charge is 0.472 e. The van der Waals surface area contributed by atoms with E-state index >= 15 is 0 Å². The minimum absolute atomic E-state index is 0.0820. The van der Waals surface area contributed by atoms with Gasteiger partial charge in [-0.25, -0.2) is 4.57 Å². The van der Waals surface area contributed by atoms with E-state index in [0.29, 0.717) is 24.1 Å². The van der Waals surface area contributed by atoms with E-state index in [0.717, 1.165) is 77.0 Å². The second kappa shape index (κ2) is 37.1. The Morgan fingerprint density at radius 1 is 0.604 bits per heavy atom. The van der Waals surface area contributed by atoms with Crippen molar-refractivity contribution >= 4 is 13.8 Å². The number of hydrogen-bond donors (Lipinski definition) is 1. The molecule has 0 aliphatic rings. The molecule has 0 aliphatic heterocycles. The Balaban J connectivity index is 4.24. The number of nitrogens with zero attached hydrogens (tertiary/aromatic N) is 1. The molecule has 0 spiro atoms. The predicted molar refractivity (Wildman–Crippen MR) is 224 cm³/mol. The summed E-state index contributed by atoms with van der Waals surface area (Å²) in [6, 6.07) is 0. The lowest BCUT2D eigenvalue weighted by molar-refractivity contribution is -0.870. The predicted octanol–water partition coefficient (Wildman–Crippen LogP) is 12.2. The number of likely N-dealkylation sites (N-methyl/N-ethyl adjacent to an activating group) is 1. The quantitative estimate of drug-likeness (QED) is 0.0220. The Bertz CT molecular complexity index is 1030. The summed E-state index contributed by atoms with van der Waals surface area (Å²) >= 11 is 0. The molecule has 0 rings (SSSR count). The minimum Gasteiger partial charge on any atom is -0.457 e. The lowest BCUT2D eigenvalue weighted by Crippen LogP contribution is -2.37. The molecule has 0 bridgehead atoms. The Labute approximate surface area is 326 Å². The van der Waals surface area contributed by atoms with E-state index in [-0.39, 0.29) is 25.8 Å². The van der Waals surface area contributed by atoms with Crippen LogP contribution in [-0.4, -0.2) is 75.6 Å². The zero-order valence-electron chi connectivity index (χ0n) is 34.7. The molecular weight excluding hydrogens is 685 g/mol. The van der Waals surface area contributed by atoms with Crippen LogP contribution in [0.5, 0.6) is 0 Å². The minimum atomic E-state index is -4.28. The van der Waals surface area contributed by atoms with Crippen LogP contribution in [0.3, 0.4) is 0 Å². The summed E-state index contributed by atoms with van der Waals surface area (Å²) in [5.41, 5.74) is 0. The van der Waals surface area contributed by atoms with Gasteiger partial charge in [0.15, 0.2) is 0 Å². The molecule has 0 aromatic carbocycles. The number of phosphoric acid groups is 1. The normalized spacial score (nSPS) is 14.5. The first-order valence-corrected chi connectivity index (χ1v) is 22.5. The molecule has 0 saturated carbocycles. The topological polar surface area (TPSA) is 91.3 Å². The zero-order valence-corrected chi connectivity index (χ0v) is 35.6. The van der Waals surface area contributed by atoms with Crippen LogP contribution in [0, 0.1) is 0 Å². The highest BCUT2D eigenvalue weighted by molar-refractivity contribution is 7.47.